The minimum absolute atomic E-state index is 0.0879. The van der Waals surface area contributed by atoms with E-state index in [1.54, 1.807) is 0 Å². The summed E-state index contributed by atoms with van der Waals surface area (Å²) in [4.78, 5) is 58.8. The van der Waals surface area contributed by atoms with Gasteiger partial charge < -0.3 is 34.2 Å². The van der Waals surface area contributed by atoms with E-state index in [-0.39, 0.29) is 19.3 Å². The van der Waals surface area contributed by atoms with Crippen molar-refractivity contribution >= 4 is 33.6 Å². The van der Waals surface area contributed by atoms with Crippen LogP contribution in [0.4, 0.5) is 0 Å². The summed E-state index contributed by atoms with van der Waals surface area (Å²) in [5.41, 5.74) is 0. The van der Waals surface area contributed by atoms with Crippen molar-refractivity contribution < 1.29 is 75.8 Å². The van der Waals surface area contributed by atoms with Gasteiger partial charge in [-0.3, -0.25) is 32.5 Å². The Labute approximate surface area is 690 Å². The summed E-state index contributed by atoms with van der Waals surface area (Å²) in [5, 5.41) is 20.7. The third-order valence-corrected chi connectivity index (χ3v) is 21.2. The summed E-state index contributed by atoms with van der Waals surface area (Å²) >= 11 is 0. The molecule has 5 unspecified atom stereocenters. The zero-order chi connectivity index (χ0) is 82.2. The number of unbranched alkanes of at least 4 members (excludes halogenated alkanes) is 41. The van der Waals surface area contributed by atoms with Gasteiger partial charge in [0.05, 0.1) is 26.4 Å². The van der Waals surface area contributed by atoms with Gasteiger partial charge in [0.2, 0.25) is 0 Å². The van der Waals surface area contributed by atoms with Crippen LogP contribution in [0.3, 0.4) is 0 Å². The van der Waals surface area contributed by atoms with Gasteiger partial charge >= 0.3 is 33.6 Å². The summed E-state index contributed by atoms with van der Waals surface area (Å²) in [6.45, 7) is 2.51. The molecule has 0 aliphatic heterocycles. The molecule has 18 heteroatoms. The number of allylic oxidation sites excluding steroid dienone is 22. The summed E-state index contributed by atoms with van der Waals surface area (Å²) in [6, 6.07) is 0. The zero-order valence-electron chi connectivity index (χ0n) is 71.8. The summed E-state index contributed by atoms with van der Waals surface area (Å²) in [6.07, 6.45) is 108. The lowest BCUT2D eigenvalue weighted by Gasteiger charge is -2.21. The normalized spacial score (nSPS) is 14.4. The molecule has 0 aliphatic carbocycles. The van der Waals surface area contributed by atoms with Crippen LogP contribution in [0.25, 0.3) is 0 Å². The van der Waals surface area contributed by atoms with Crippen molar-refractivity contribution in [1.82, 2.24) is 0 Å². The monoisotopic (exact) mass is 1630 g/mol. The second-order valence-electron chi connectivity index (χ2n) is 30.4. The lowest BCUT2D eigenvalue weighted by atomic mass is 10.0. The smallest absolute Gasteiger partial charge is 0.463 e. The number of rotatable bonds is 86. The minimum atomic E-state index is -4.94. The van der Waals surface area contributed by atoms with Crippen LogP contribution in [0.15, 0.2) is 134 Å². The molecule has 0 aromatic rings. The number of esters is 3. The Morgan fingerprint density at radius 1 is 0.257 bits per heavy atom. The molecular weight excluding hydrogens is 1460 g/mol. The molecule has 0 saturated heterocycles. The SMILES string of the molecule is CC/C=C\C/C=C\C/C=C\C/C=C\C/C=C\CCCCCCCCCCCCCCCCCCCCCC(=O)OCC(O)COP(=O)(O)OCC(O)COP(=O)(O)OCC(COC(=O)CCCCCCCCCCCCCCC/C=C\C/C=C\C/C=C\C/C=C\CCCCC)OC(=O)CCCCCCC/C=C\C/C=C\CCC. The topological polar surface area (TPSA) is 231 Å². The molecule has 0 fully saturated rings. The van der Waals surface area contributed by atoms with Crippen LogP contribution >= 0.6 is 15.6 Å². The van der Waals surface area contributed by atoms with E-state index < -0.39 is 91.5 Å². The first-order valence-corrected chi connectivity index (χ1v) is 48.5. The van der Waals surface area contributed by atoms with Crippen molar-refractivity contribution in [2.45, 2.75) is 411 Å². The number of ether oxygens (including phenoxy) is 3. The lowest BCUT2D eigenvalue weighted by Crippen LogP contribution is -2.30. The summed E-state index contributed by atoms with van der Waals surface area (Å²) in [5.74, 6) is -1.58. The number of phosphoric acid groups is 2. The average molecular weight is 1630 g/mol. The largest absolute Gasteiger partial charge is 0.472 e. The van der Waals surface area contributed by atoms with Gasteiger partial charge in [-0.05, 0) is 135 Å². The molecule has 16 nitrogen and oxygen atoms in total. The van der Waals surface area contributed by atoms with Gasteiger partial charge in [0, 0.05) is 19.3 Å². The standard InChI is InChI=1S/C95H166O16P2/c1-4-7-10-13-16-19-22-25-27-29-31-33-35-37-39-41-42-43-44-45-46-48-50-51-53-55-57-59-61-64-66-69-72-75-78-81-93(98)105-84-90(96)85-107-112(101,102)108-86-91(97)87-109-113(103,104)110-89-92(111-95(100)83-80-77-74-71-68-63-24-21-18-15-12-9-6-3)88-106-94(99)82-79-76-73-70-67-65-62-60-58-56-54-52-49-47-40-38-36-34-32-30-28-26-23-20-17-14-11-8-5-2/h7,10,12,15-17,19-21,24-28,31-34,37-40,90-92,96-97H,4-6,8-9,11,13-14,18,22-23,29-30,35-36,41-89H2,1-3H3,(H,101,102)(H,103,104)/b10-7-,15-12-,19-16-,20-17-,24-21-,27-25-,28-26-,33-31-,34-32-,39-37-,40-38-. The van der Waals surface area contributed by atoms with Gasteiger partial charge in [0.25, 0.3) is 0 Å². The minimum Gasteiger partial charge on any atom is -0.463 e. The van der Waals surface area contributed by atoms with Crippen LogP contribution in [0.2, 0.25) is 0 Å². The second-order valence-corrected chi connectivity index (χ2v) is 33.3. The van der Waals surface area contributed by atoms with Gasteiger partial charge in [-0.1, -0.05) is 373 Å². The molecule has 0 rings (SSSR count). The first kappa shape index (κ1) is 109. The third-order valence-electron chi connectivity index (χ3n) is 19.3. The second kappa shape index (κ2) is 87.0. The van der Waals surface area contributed by atoms with Crippen molar-refractivity contribution in [2.24, 2.45) is 0 Å². The van der Waals surface area contributed by atoms with Crippen molar-refractivity contribution in [3.63, 3.8) is 0 Å². The highest BCUT2D eigenvalue weighted by Gasteiger charge is 2.29. The fourth-order valence-electron chi connectivity index (χ4n) is 12.4. The molecule has 113 heavy (non-hydrogen) atoms. The number of hydrogen-bond acceptors (Lipinski definition) is 14. The van der Waals surface area contributed by atoms with Crippen LogP contribution in [0, 0.1) is 0 Å². The Hall–Kier alpha value is -4.31. The molecule has 652 valence electrons. The van der Waals surface area contributed by atoms with E-state index in [1.165, 1.54) is 186 Å². The Kier molecular flexibility index (Phi) is 83.7. The number of carbonyl (C=O) groups is 3. The molecule has 0 saturated carbocycles. The molecule has 0 aromatic heterocycles. The van der Waals surface area contributed by atoms with Gasteiger partial charge in [0.1, 0.15) is 25.4 Å². The molecular formula is C95H166O16P2. The van der Waals surface area contributed by atoms with Gasteiger partial charge in [0.15, 0.2) is 6.10 Å². The van der Waals surface area contributed by atoms with E-state index >= 15 is 0 Å². The van der Waals surface area contributed by atoms with Gasteiger partial charge in [-0.2, -0.15) is 0 Å². The van der Waals surface area contributed by atoms with E-state index in [0.29, 0.717) is 19.3 Å². The average Bonchev–Trinajstić information content (AvgIpc) is 0.903. The molecule has 0 spiro atoms. The lowest BCUT2D eigenvalue weighted by molar-refractivity contribution is -0.161. The highest BCUT2D eigenvalue weighted by molar-refractivity contribution is 7.47. The number of carbonyl (C=O) groups excluding carboxylic acids is 3. The van der Waals surface area contributed by atoms with Crippen LogP contribution in [0.5, 0.6) is 0 Å². The molecule has 0 aromatic carbocycles. The Balaban J connectivity index is 4.37. The highest BCUT2D eigenvalue weighted by Crippen LogP contribution is 2.45. The fraction of sp³-hybridized carbons (Fsp3) is 0.737. The zero-order valence-corrected chi connectivity index (χ0v) is 73.6. The molecule has 0 aliphatic rings. The first-order chi connectivity index (χ1) is 55.2. The Bertz CT molecular complexity index is 2580. The molecule has 0 bridgehead atoms. The maximum atomic E-state index is 13.0. The maximum absolute atomic E-state index is 13.0. The molecule has 0 heterocycles. The van der Waals surface area contributed by atoms with Crippen molar-refractivity contribution in [1.29, 1.82) is 0 Å². The van der Waals surface area contributed by atoms with Crippen molar-refractivity contribution in [3.8, 4) is 0 Å². The van der Waals surface area contributed by atoms with Crippen LogP contribution < -0.4 is 0 Å². The van der Waals surface area contributed by atoms with E-state index in [1.807, 2.05) is 0 Å². The predicted molar refractivity (Wildman–Crippen MR) is 473 cm³/mol. The van der Waals surface area contributed by atoms with Gasteiger partial charge in [-0.15, -0.1) is 0 Å². The maximum Gasteiger partial charge on any atom is 0.472 e. The summed E-state index contributed by atoms with van der Waals surface area (Å²) in [7, 11) is -9.80. The van der Waals surface area contributed by atoms with Crippen molar-refractivity contribution in [3.05, 3.63) is 134 Å². The third kappa shape index (κ3) is 88.3. The number of aliphatic hydroxyl groups excluding tert-OH is 2. The quantitative estimate of drug-likeness (QED) is 0.0146. The van der Waals surface area contributed by atoms with Crippen molar-refractivity contribution in [2.75, 3.05) is 39.6 Å². The number of hydrogen-bond donors (Lipinski definition) is 4. The Morgan fingerprint density at radius 2 is 0.487 bits per heavy atom. The summed E-state index contributed by atoms with van der Waals surface area (Å²) < 4.78 is 61.3. The number of phosphoric ester groups is 2. The van der Waals surface area contributed by atoms with Gasteiger partial charge in [-0.25, -0.2) is 9.13 Å². The Morgan fingerprint density at radius 3 is 0.779 bits per heavy atom. The van der Waals surface area contributed by atoms with E-state index in [2.05, 4.69) is 154 Å². The first-order valence-electron chi connectivity index (χ1n) is 45.5. The van der Waals surface area contributed by atoms with E-state index in [9.17, 15) is 43.5 Å². The van der Waals surface area contributed by atoms with E-state index in [4.69, 9.17) is 32.3 Å². The fourth-order valence-corrected chi connectivity index (χ4v) is 14.0. The molecule has 4 N–H and O–H groups in total. The van der Waals surface area contributed by atoms with E-state index in [0.717, 1.165) is 148 Å². The highest BCUT2D eigenvalue weighted by atomic mass is 31.2. The van der Waals surface area contributed by atoms with Crippen LogP contribution in [0.1, 0.15) is 393 Å². The van der Waals surface area contributed by atoms with Crippen LogP contribution in [-0.2, 0) is 55.8 Å². The molecule has 0 radical (unpaired) electrons. The van der Waals surface area contributed by atoms with Crippen LogP contribution in [-0.4, -0.2) is 95.9 Å². The predicted octanol–water partition coefficient (Wildman–Crippen LogP) is 27.8. The molecule has 0 amide bonds. The molecule has 5 atom stereocenters. The number of aliphatic hydroxyl groups is 2.